The van der Waals surface area contributed by atoms with Crippen LogP contribution in [0.15, 0.2) is 24.3 Å². The molecule has 1 heterocycles. The SMILES string of the molecule is Clc1cc(I)c2nc(Cl)ccc2c1. The summed E-state index contributed by atoms with van der Waals surface area (Å²) in [5, 5.41) is 2.25. The zero-order valence-corrected chi connectivity index (χ0v) is 10.1. The monoisotopic (exact) mass is 323 g/mol. The largest absolute Gasteiger partial charge is 0.235 e. The van der Waals surface area contributed by atoms with Crippen LogP contribution in [0.2, 0.25) is 10.2 Å². The maximum absolute atomic E-state index is 5.90. The molecule has 13 heavy (non-hydrogen) atoms. The summed E-state index contributed by atoms with van der Waals surface area (Å²) >= 11 is 13.9. The van der Waals surface area contributed by atoms with E-state index in [0.717, 1.165) is 19.5 Å². The fraction of sp³-hybridized carbons (Fsp3) is 0. The molecule has 0 radical (unpaired) electrons. The molecule has 2 rings (SSSR count). The number of hydrogen-bond donors (Lipinski definition) is 0. The third-order valence-corrected chi connectivity index (χ3v) is 2.93. The molecule has 0 aliphatic heterocycles. The third-order valence-electron chi connectivity index (χ3n) is 1.68. The van der Waals surface area contributed by atoms with Crippen molar-refractivity contribution in [2.45, 2.75) is 0 Å². The molecular formula is C9H4Cl2IN. The maximum Gasteiger partial charge on any atom is 0.129 e. The fourth-order valence-corrected chi connectivity index (χ4v) is 2.46. The zero-order valence-electron chi connectivity index (χ0n) is 6.39. The minimum atomic E-state index is 0.507. The van der Waals surface area contributed by atoms with E-state index < -0.39 is 0 Å². The summed E-state index contributed by atoms with van der Waals surface area (Å²) < 4.78 is 1.02. The van der Waals surface area contributed by atoms with Gasteiger partial charge in [0, 0.05) is 14.0 Å². The van der Waals surface area contributed by atoms with E-state index in [1.54, 1.807) is 6.07 Å². The first-order valence-corrected chi connectivity index (χ1v) is 5.41. The number of nitrogens with zero attached hydrogens (tertiary/aromatic N) is 1. The topological polar surface area (TPSA) is 12.9 Å². The fourth-order valence-electron chi connectivity index (χ4n) is 1.13. The second-order valence-electron chi connectivity index (χ2n) is 2.59. The van der Waals surface area contributed by atoms with Crippen LogP contribution >= 0.6 is 45.8 Å². The smallest absolute Gasteiger partial charge is 0.129 e. The summed E-state index contributed by atoms with van der Waals surface area (Å²) in [5.41, 5.74) is 0.900. The maximum atomic E-state index is 5.90. The molecular weight excluding hydrogens is 320 g/mol. The van der Waals surface area contributed by atoms with E-state index in [0.29, 0.717) is 5.15 Å². The number of rotatable bonds is 0. The van der Waals surface area contributed by atoms with Crippen molar-refractivity contribution in [2.75, 3.05) is 0 Å². The van der Waals surface area contributed by atoms with Gasteiger partial charge >= 0.3 is 0 Å². The Morgan fingerprint density at radius 3 is 2.69 bits per heavy atom. The van der Waals surface area contributed by atoms with Crippen molar-refractivity contribution in [3.63, 3.8) is 0 Å². The van der Waals surface area contributed by atoms with Crippen molar-refractivity contribution in [1.29, 1.82) is 0 Å². The van der Waals surface area contributed by atoms with Crippen LogP contribution in [0.1, 0.15) is 0 Å². The molecule has 1 aromatic heterocycles. The number of benzene rings is 1. The summed E-state index contributed by atoms with van der Waals surface area (Å²) in [7, 11) is 0. The van der Waals surface area contributed by atoms with Crippen LogP contribution in [-0.4, -0.2) is 4.98 Å². The van der Waals surface area contributed by atoms with Crippen LogP contribution in [0.25, 0.3) is 10.9 Å². The average molecular weight is 324 g/mol. The molecule has 0 unspecified atom stereocenters. The van der Waals surface area contributed by atoms with Gasteiger partial charge in [-0.1, -0.05) is 23.2 Å². The Kier molecular flexibility index (Phi) is 2.62. The van der Waals surface area contributed by atoms with E-state index in [2.05, 4.69) is 27.6 Å². The Labute approximate surface area is 99.2 Å². The molecule has 0 amide bonds. The van der Waals surface area contributed by atoms with Gasteiger partial charge in [0.2, 0.25) is 0 Å². The van der Waals surface area contributed by atoms with Gasteiger partial charge in [-0.15, -0.1) is 0 Å². The lowest BCUT2D eigenvalue weighted by molar-refractivity contribution is 1.40. The lowest BCUT2D eigenvalue weighted by Gasteiger charge is -2.00. The minimum absolute atomic E-state index is 0.507. The summed E-state index contributed by atoms with van der Waals surface area (Å²) in [4.78, 5) is 4.22. The van der Waals surface area contributed by atoms with Crippen molar-refractivity contribution in [3.05, 3.63) is 38.0 Å². The number of aromatic nitrogens is 1. The van der Waals surface area contributed by atoms with Crippen LogP contribution in [0.5, 0.6) is 0 Å². The average Bonchev–Trinajstić information content (AvgIpc) is 2.06. The van der Waals surface area contributed by atoms with Crippen LogP contribution in [0.3, 0.4) is 0 Å². The van der Waals surface area contributed by atoms with E-state index in [1.165, 1.54) is 0 Å². The van der Waals surface area contributed by atoms with Gasteiger partial charge in [-0.2, -0.15) is 0 Å². The first kappa shape index (κ1) is 9.49. The molecule has 0 spiro atoms. The Morgan fingerprint density at radius 2 is 1.92 bits per heavy atom. The van der Waals surface area contributed by atoms with Crippen LogP contribution in [-0.2, 0) is 0 Å². The molecule has 0 saturated carbocycles. The highest BCUT2D eigenvalue weighted by atomic mass is 127. The van der Waals surface area contributed by atoms with E-state index >= 15 is 0 Å². The highest BCUT2D eigenvalue weighted by molar-refractivity contribution is 14.1. The van der Waals surface area contributed by atoms with Crippen molar-refractivity contribution in [2.24, 2.45) is 0 Å². The normalized spacial score (nSPS) is 10.7. The minimum Gasteiger partial charge on any atom is -0.235 e. The van der Waals surface area contributed by atoms with Crippen molar-refractivity contribution in [1.82, 2.24) is 4.98 Å². The molecule has 1 aromatic carbocycles. The standard InChI is InChI=1S/C9H4Cl2IN/c10-6-3-5-1-2-8(11)13-9(5)7(12)4-6/h1-4H. The predicted molar refractivity (Wildman–Crippen MR) is 64.5 cm³/mol. The molecule has 0 aliphatic carbocycles. The van der Waals surface area contributed by atoms with E-state index in [4.69, 9.17) is 23.2 Å². The van der Waals surface area contributed by atoms with Gasteiger partial charge in [0.1, 0.15) is 5.15 Å². The number of pyridine rings is 1. The highest BCUT2D eigenvalue weighted by Gasteiger charge is 2.02. The van der Waals surface area contributed by atoms with Gasteiger partial charge in [-0.25, -0.2) is 4.98 Å². The molecule has 66 valence electrons. The number of halogens is 3. The molecule has 0 atom stereocenters. The molecule has 0 fully saturated rings. The molecule has 0 aliphatic rings. The van der Waals surface area contributed by atoms with Gasteiger partial charge in [0.15, 0.2) is 0 Å². The molecule has 0 N–H and O–H groups in total. The van der Waals surface area contributed by atoms with Crippen molar-refractivity contribution in [3.8, 4) is 0 Å². The lowest BCUT2D eigenvalue weighted by atomic mass is 10.2. The van der Waals surface area contributed by atoms with Crippen LogP contribution < -0.4 is 0 Å². The van der Waals surface area contributed by atoms with Gasteiger partial charge in [0.05, 0.1) is 5.52 Å². The molecule has 1 nitrogen and oxygen atoms in total. The summed E-state index contributed by atoms with van der Waals surface area (Å²) in [6, 6.07) is 7.42. The van der Waals surface area contributed by atoms with Gasteiger partial charge in [-0.3, -0.25) is 0 Å². The van der Waals surface area contributed by atoms with E-state index in [9.17, 15) is 0 Å². The quantitative estimate of drug-likeness (QED) is 0.524. The Bertz CT molecular complexity index is 470. The Morgan fingerprint density at radius 1 is 1.15 bits per heavy atom. The van der Waals surface area contributed by atoms with E-state index in [1.807, 2.05) is 18.2 Å². The van der Waals surface area contributed by atoms with Crippen molar-refractivity contribution >= 4 is 56.7 Å². The number of fused-ring (bicyclic) bond motifs is 1. The zero-order chi connectivity index (χ0) is 9.42. The summed E-state index contributed by atoms with van der Waals surface area (Å²) in [6.07, 6.45) is 0. The van der Waals surface area contributed by atoms with E-state index in [-0.39, 0.29) is 0 Å². The Hall–Kier alpha value is -0.0600. The van der Waals surface area contributed by atoms with Crippen molar-refractivity contribution < 1.29 is 0 Å². The lowest BCUT2D eigenvalue weighted by Crippen LogP contribution is -1.83. The number of hydrogen-bond acceptors (Lipinski definition) is 1. The first-order valence-electron chi connectivity index (χ1n) is 3.58. The molecule has 0 saturated heterocycles. The third kappa shape index (κ3) is 1.90. The second-order valence-corrected chi connectivity index (χ2v) is 4.58. The summed E-state index contributed by atoms with van der Waals surface area (Å²) in [5.74, 6) is 0. The first-order chi connectivity index (χ1) is 6.16. The second kappa shape index (κ2) is 3.59. The van der Waals surface area contributed by atoms with Gasteiger partial charge in [-0.05, 0) is 46.9 Å². The molecule has 2 aromatic rings. The molecule has 0 bridgehead atoms. The molecule has 4 heteroatoms. The van der Waals surface area contributed by atoms with Crippen LogP contribution in [0, 0.1) is 3.57 Å². The van der Waals surface area contributed by atoms with Gasteiger partial charge in [0.25, 0.3) is 0 Å². The van der Waals surface area contributed by atoms with Crippen LogP contribution in [0.4, 0.5) is 0 Å². The van der Waals surface area contributed by atoms with Gasteiger partial charge < -0.3 is 0 Å². The highest BCUT2D eigenvalue weighted by Crippen LogP contribution is 2.24. The Balaban J connectivity index is 2.87. The predicted octanol–water partition coefficient (Wildman–Crippen LogP) is 4.15. The summed E-state index contributed by atoms with van der Waals surface area (Å²) in [6.45, 7) is 0.